The van der Waals surface area contributed by atoms with Crippen molar-refractivity contribution in [3.05, 3.63) is 35.9 Å². The molecule has 1 heterocycles. The fourth-order valence-electron chi connectivity index (χ4n) is 8.39. The SMILES string of the molecule is O=C(CC1(c2ccccc2)C2CC3CC4CC1C42C3)N1CCCCC1. The van der Waals surface area contributed by atoms with Gasteiger partial charge in [0.15, 0.2) is 0 Å². The average Bonchev–Trinajstić information content (AvgIpc) is 3.18. The first-order valence-electron chi connectivity index (χ1n) is 10.6. The van der Waals surface area contributed by atoms with Crippen LogP contribution < -0.4 is 0 Å². The minimum Gasteiger partial charge on any atom is -0.343 e. The van der Waals surface area contributed by atoms with Gasteiger partial charge in [-0.2, -0.15) is 0 Å². The van der Waals surface area contributed by atoms with E-state index in [2.05, 4.69) is 35.2 Å². The Morgan fingerprint density at radius 3 is 2.52 bits per heavy atom. The molecule has 0 radical (unpaired) electrons. The standard InChI is InChI=1S/C23H29NO/c25-21(24-9-5-2-6-10-24)15-23(17-7-3-1-4-8-17)19-12-16-11-18-13-20(23)22(18,19)14-16/h1,3-4,7-8,16,18-20H,2,5-6,9-15H2. The molecule has 1 aromatic carbocycles. The van der Waals surface area contributed by atoms with Gasteiger partial charge in [0.25, 0.3) is 0 Å². The minimum atomic E-state index is 0.168. The lowest BCUT2D eigenvalue weighted by Gasteiger charge is -2.77. The first kappa shape index (κ1) is 14.8. The number of benzene rings is 1. The number of carbonyl (C=O) groups is 1. The summed E-state index contributed by atoms with van der Waals surface area (Å²) in [6.07, 6.45) is 10.3. The number of hydrogen-bond acceptors (Lipinski definition) is 1. The number of rotatable bonds is 3. The molecule has 1 aromatic rings. The highest BCUT2D eigenvalue weighted by atomic mass is 16.2. The summed E-state index contributed by atoms with van der Waals surface area (Å²) in [7, 11) is 0. The van der Waals surface area contributed by atoms with E-state index in [-0.39, 0.29) is 5.41 Å². The molecule has 6 rings (SSSR count). The quantitative estimate of drug-likeness (QED) is 0.802. The fraction of sp³-hybridized carbons (Fsp3) is 0.696. The van der Waals surface area contributed by atoms with Gasteiger partial charge >= 0.3 is 0 Å². The van der Waals surface area contributed by atoms with Gasteiger partial charge in [-0.05, 0) is 79.6 Å². The van der Waals surface area contributed by atoms with Crippen molar-refractivity contribution in [2.75, 3.05) is 13.1 Å². The van der Waals surface area contributed by atoms with Gasteiger partial charge in [-0.25, -0.2) is 0 Å². The van der Waals surface area contributed by atoms with Crippen LogP contribution in [0, 0.1) is 29.1 Å². The molecule has 2 nitrogen and oxygen atoms in total. The number of nitrogens with zero attached hydrogens (tertiary/aromatic N) is 1. The van der Waals surface area contributed by atoms with Gasteiger partial charge in [0.05, 0.1) is 0 Å². The second-order valence-corrected chi connectivity index (χ2v) is 9.72. The van der Waals surface area contributed by atoms with Crippen LogP contribution in [0.4, 0.5) is 0 Å². The maximum atomic E-state index is 13.3. The molecule has 1 spiro atoms. The van der Waals surface area contributed by atoms with Crippen molar-refractivity contribution >= 4 is 5.91 Å². The summed E-state index contributed by atoms with van der Waals surface area (Å²) in [6, 6.07) is 11.2. The summed E-state index contributed by atoms with van der Waals surface area (Å²) in [5.74, 6) is 4.00. The Labute approximate surface area is 151 Å². The maximum Gasteiger partial charge on any atom is 0.223 e. The van der Waals surface area contributed by atoms with E-state index < -0.39 is 0 Å². The molecule has 6 unspecified atom stereocenters. The lowest BCUT2D eigenvalue weighted by atomic mass is 9.26. The van der Waals surface area contributed by atoms with Crippen molar-refractivity contribution in [2.45, 2.75) is 56.8 Å². The van der Waals surface area contributed by atoms with E-state index in [4.69, 9.17) is 0 Å². The zero-order valence-corrected chi connectivity index (χ0v) is 15.1. The number of hydrogen-bond donors (Lipinski definition) is 0. The molecule has 5 fully saturated rings. The van der Waals surface area contributed by atoms with Crippen molar-refractivity contribution in [1.82, 2.24) is 4.90 Å². The molecular formula is C23H29NO. The van der Waals surface area contributed by atoms with Crippen LogP contribution in [0.5, 0.6) is 0 Å². The monoisotopic (exact) mass is 335 g/mol. The van der Waals surface area contributed by atoms with Crippen LogP contribution in [0.15, 0.2) is 30.3 Å². The lowest BCUT2D eigenvalue weighted by molar-refractivity contribution is -0.251. The second kappa shape index (κ2) is 4.90. The molecule has 25 heavy (non-hydrogen) atoms. The number of fused-ring (bicyclic) bond motifs is 1. The number of piperidine rings is 1. The maximum absolute atomic E-state index is 13.3. The van der Waals surface area contributed by atoms with Gasteiger partial charge in [0, 0.05) is 24.9 Å². The Balaban J connectivity index is 1.37. The van der Waals surface area contributed by atoms with Gasteiger partial charge in [-0.1, -0.05) is 30.3 Å². The molecule has 1 saturated heterocycles. The Morgan fingerprint density at radius 1 is 1.00 bits per heavy atom. The Bertz CT molecular complexity index is 708. The molecule has 132 valence electrons. The third kappa shape index (κ3) is 1.65. The molecule has 5 aliphatic rings. The van der Waals surface area contributed by atoms with Gasteiger partial charge in [-0.3, -0.25) is 4.79 Å². The molecule has 2 heteroatoms. The molecule has 6 atom stereocenters. The first-order chi connectivity index (χ1) is 12.2. The van der Waals surface area contributed by atoms with Gasteiger partial charge in [0.2, 0.25) is 5.91 Å². The summed E-state index contributed by atoms with van der Waals surface area (Å²) in [5.41, 5.74) is 2.30. The van der Waals surface area contributed by atoms with E-state index in [0.29, 0.717) is 11.3 Å². The van der Waals surface area contributed by atoms with Crippen molar-refractivity contribution in [3.8, 4) is 0 Å². The van der Waals surface area contributed by atoms with E-state index in [1.807, 2.05) is 0 Å². The van der Waals surface area contributed by atoms with E-state index in [9.17, 15) is 4.79 Å². The highest BCUT2D eigenvalue weighted by molar-refractivity contribution is 5.79. The average molecular weight is 335 g/mol. The summed E-state index contributed by atoms with van der Waals surface area (Å²) in [5, 5.41) is 0. The molecule has 2 bridgehead atoms. The van der Waals surface area contributed by atoms with Crippen molar-refractivity contribution in [1.29, 1.82) is 0 Å². The topological polar surface area (TPSA) is 20.3 Å². The smallest absolute Gasteiger partial charge is 0.223 e. The van der Waals surface area contributed by atoms with Gasteiger partial charge < -0.3 is 4.90 Å². The fourth-order valence-corrected chi connectivity index (χ4v) is 8.39. The normalized spacial score (nSPS) is 46.3. The van der Waals surface area contributed by atoms with Crippen LogP contribution in [0.25, 0.3) is 0 Å². The van der Waals surface area contributed by atoms with Crippen LogP contribution >= 0.6 is 0 Å². The minimum absolute atomic E-state index is 0.168. The molecular weight excluding hydrogens is 306 g/mol. The highest BCUT2D eigenvalue weighted by Crippen LogP contribution is 2.87. The van der Waals surface area contributed by atoms with Crippen LogP contribution in [0.2, 0.25) is 0 Å². The van der Waals surface area contributed by atoms with E-state index in [1.165, 1.54) is 50.5 Å². The summed E-state index contributed by atoms with van der Waals surface area (Å²) >= 11 is 0. The van der Waals surface area contributed by atoms with Gasteiger partial charge in [0.1, 0.15) is 0 Å². The molecule has 0 aromatic heterocycles. The van der Waals surface area contributed by atoms with Crippen molar-refractivity contribution in [3.63, 3.8) is 0 Å². The second-order valence-electron chi connectivity index (χ2n) is 9.72. The summed E-state index contributed by atoms with van der Waals surface area (Å²) < 4.78 is 0. The largest absolute Gasteiger partial charge is 0.343 e. The highest BCUT2D eigenvalue weighted by Gasteiger charge is 2.83. The summed E-state index contributed by atoms with van der Waals surface area (Å²) in [6.45, 7) is 1.99. The zero-order chi connectivity index (χ0) is 16.6. The van der Waals surface area contributed by atoms with Crippen LogP contribution in [-0.4, -0.2) is 23.9 Å². The predicted octanol–water partition coefficient (Wildman–Crippen LogP) is 4.39. The van der Waals surface area contributed by atoms with Crippen molar-refractivity contribution < 1.29 is 4.79 Å². The zero-order valence-electron chi connectivity index (χ0n) is 15.1. The number of likely N-dealkylation sites (tertiary alicyclic amines) is 1. The molecule has 4 saturated carbocycles. The van der Waals surface area contributed by atoms with Crippen LogP contribution in [0.3, 0.4) is 0 Å². The van der Waals surface area contributed by atoms with Crippen LogP contribution in [0.1, 0.15) is 56.9 Å². The summed E-state index contributed by atoms with van der Waals surface area (Å²) in [4.78, 5) is 15.4. The number of carbonyl (C=O) groups excluding carboxylic acids is 1. The van der Waals surface area contributed by atoms with E-state index in [1.54, 1.807) is 0 Å². The number of amides is 1. The molecule has 1 amide bonds. The van der Waals surface area contributed by atoms with Crippen molar-refractivity contribution in [2.24, 2.45) is 29.1 Å². The third-order valence-electron chi connectivity index (χ3n) is 9.11. The van der Waals surface area contributed by atoms with Crippen LogP contribution in [-0.2, 0) is 10.2 Å². The van der Waals surface area contributed by atoms with Gasteiger partial charge in [-0.15, -0.1) is 0 Å². The first-order valence-corrected chi connectivity index (χ1v) is 10.6. The Hall–Kier alpha value is -1.31. The van der Waals surface area contributed by atoms with E-state index >= 15 is 0 Å². The molecule has 1 aliphatic heterocycles. The third-order valence-corrected chi connectivity index (χ3v) is 9.11. The lowest BCUT2D eigenvalue weighted by Crippen LogP contribution is -2.74. The predicted molar refractivity (Wildman–Crippen MR) is 98.0 cm³/mol. The Kier molecular flexibility index (Phi) is 2.90. The Morgan fingerprint density at radius 2 is 1.76 bits per heavy atom. The molecule has 0 N–H and O–H groups in total. The molecule has 4 aliphatic carbocycles. The van der Waals surface area contributed by atoms with E-state index in [0.717, 1.165) is 43.2 Å².